The third-order valence-corrected chi connectivity index (χ3v) is 4.90. The maximum atomic E-state index is 13.1. The maximum Gasteiger partial charge on any atom is 0.226 e. The molecule has 26 heavy (non-hydrogen) atoms. The fourth-order valence-electron chi connectivity index (χ4n) is 3.53. The molecule has 2 aromatic rings. The molecule has 0 aromatic heterocycles. The summed E-state index contributed by atoms with van der Waals surface area (Å²) in [5, 5.41) is 10.5. The number of β-amino-alcohol motifs (C(OH)–C–C–N with tert-alkyl or cyclic N) is 1. The van der Waals surface area contributed by atoms with Gasteiger partial charge in [0.15, 0.2) is 0 Å². The summed E-state index contributed by atoms with van der Waals surface area (Å²) in [5.41, 5.74) is 1.33. The number of aliphatic hydroxyl groups excluding tert-OH is 1. The summed E-state index contributed by atoms with van der Waals surface area (Å²) in [7, 11) is 0. The molecular formula is C22H28N2O2. The molecule has 4 nitrogen and oxygen atoms in total. The average Bonchev–Trinajstić information content (AvgIpc) is 2.75. The van der Waals surface area contributed by atoms with E-state index in [2.05, 4.69) is 4.90 Å². The molecule has 1 aliphatic heterocycles. The number of carbonyl (C=O) groups is 1. The summed E-state index contributed by atoms with van der Waals surface area (Å²) in [4.78, 5) is 16.5. The lowest BCUT2D eigenvalue weighted by atomic mass is 10.0. The van der Waals surface area contributed by atoms with E-state index in [1.165, 1.54) is 4.90 Å². The number of anilines is 1. The second kappa shape index (κ2) is 8.97. The molecule has 1 saturated heterocycles. The summed E-state index contributed by atoms with van der Waals surface area (Å²) in [6, 6.07) is 17.8. The van der Waals surface area contributed by atoms with Crippen LogP contribution in [-0.2, 0) is 4.79 Å². The largest absolute Gasteiger partial charge is 0.387 e. The molecule has 0 saturated carbocycles. The molecule has 0 spiro atoms. The Hall–Kier alpha value is -2.17. The number of rotatable bonds is 6. The molecule has 1 aliphatic rings. The van der Waals surface area contributed by atoms with Crippen LogP contribution in [0.15, 0.2) is 60.7 Å². The van der Waals surface area contributed by atoms with E-state index in [1.54, 1.807) is 30.3 Å². The Bertz CT molecular complexity index is 853. The zero-order valence-corrected chi connectivity index (χ0v) is 14.7. The topological polar surface area (TPSA) is 43.8 Å². The van der Waals surface area contributed by atoms with Crippen molar-refractivity contribution in [2.45, 2.75) is 38.2 Å². The van der Waals surface area contributed by atoms with Gasteiger partial charge in [-0.1, -0.05) is 55.4 Å². The molecule has 0 bridgehead atoms. The standard InChI is InChI=1S/C22H28N2O2/c1-2-22(26)24(19-11-7-4-8-12-19)20-13-15-23(16-14-20)17-21(25)18-9-5-3-6-10-18/h3-12,20-21,25H,2,13-17H2,1H3/i1D3,2D2. The van der Waals surface area contributed by atoms with Gasteiger partial charge in [0, 0.05) is 44.6 Å². The Morgan fingerprint density at radius 2 is 1.81 bits per heavy atom. The monoisotopic (exact) mass is 357 g/mol. The van der Waals surface area contributed by atoms with Gasteiger partial charge in [-0.05, 0) is 30.5 Å². The lowest BCUT2D eigenvalue weighted by molar-refractivity contribution is -0.119. The minimum atomic E-state index is -3.06. The Morgan fingerprint density at radius 3 is 2.42 bits per heavy atom. The number of nitrogens with zero attached hydrogens (tertiary/aromatic N) is 2. The summed E-state index contributed by atoms with van der Waals surface area (Å²) < 4.78 is 38.5. The van der Waals surface area contributed by atoms with Crippen molar-refractivity contribution >= 4 is 11.6 Å². The number of hydrogen-bond acceptors (Lipinski definition) is 3. The highest BCUT2D eigenvalue weighted by Gasteiger charge is 2.29. The maximum absolute atomic E-state index is 13.1. The van der Waals surface area contributed by atoms with Gasteiger partial charge in [-0.2, -0.15) is 0 Å². The number of aliphatic hydroxyl groups is 1. The second-order valence-corrected chi connectivity index (χ2v) is 6.59. The van der Waals surface area contributed by atoms with Crippen LogP contribution in [0, 0.1) is 0 Å². The zero-order chi connectivity index (χ0) is 22.6. The number of hydrogen-bond donors (Lipinski definition) is 1. The highest BCUT2D eigenvalue weighted by molar-refractivity contribution is 5.93. The molecule has 1 heterocycles. The fourth-order valence-corrected chi connectivity index (χ4v) is 3.53. The predicted molar refractivity (Wildman–Crippen MR) is 105 cm³/mol. The molecule has 0 radical (unpaired) electrons. The van der Waals surface area contributed by atoms with Crippen molar-refractivity contribution in [2.24, 2.45) is 0 Å². The molecule has 2 aromatic carbocycles. The van der Waals surface area contributed by atoms with E-state index < -0.39 is 25.2 Å². The lowest BCUT2D eigenvalue weighted by Gasteiger charge is -2.39. The van der Waals surface area contributed by atoms with E-state index in [0.29, 0.717) is 38.2 Å². The van der Waals surface area contributed by atoms with Gasteiger partial charge >= 0.3 is 0 Å². The first kappa shape index (κ1) is 13.1. The number of likely N-dealkylation sites (tertiary alicyclic amines) is 1. The molecule has 1 atom stereocenters. The van der Waals surface area contributed by atoms with E-state index in [4.69, 9.17) is 6.85 Å². The zero-order valence-electron chi connectivity index (χ0n) is 19.7. The summed E-state index contributed by atoms with van der Waals surface area (Å²) in [6.45, 7) is -1.37. The Labute approximate surface area is 163 Å². The molecule has 1 unspecified atom stereocenters. The second-order valence-electron chi connectivity index (χ2n) is 6.59. The Balaban J connectivity index is 1.73. The molecule has 4 heteroatoms. The van der Waals surface area contributed by atoms with Gasteiger partial charge in [0.1, 0.15) is 0 Å². The van der Waals surface area contributed by atoms with Crippen LogP contribution in [0.4, 0.5) is 5.69 Å². The van der Waals surface area contributed by atoms with Crippen molar-refractivity contribution in [2.75, 3.05) is 24.5 Å². The average molecular weight is 358 g/mol. The van der Waals surface area contributed by atoms with E-state index in [0.717, 1.165) is 5.56 Å². The summed E-state index contributed by atoms with van der Waals surface area (Å²) in [5.74, 6) is -1.04. The van der Waals surface area contributed by atoms with Crippen LogP contribution in [0.2, 0.25) is 0 Å². The molecule has 1 fully saturated rings. The molecule has 138 valence electrons. The molecule has 1 N–H and O–H groups in total. The van der Waals surface area contributed by atoms with E-state index in [-0.39, 0.29) is 6.04 Å². The van der Waals surface area contributed by atoms with Crippen molar-refractivity contribution in [3.8, 4) is 0 Å². The predicted octanol–water partition coefficient (Wildman–Crippen LogP) is 3.63. The summed E-state index contributed by atoms with van der Waals surface area (Å²) >= 11 is 0. The van der Waals surface area contributed by atoms with Crippen molar-refractivity contribution in [1.29, 1.82) is 0 Å². The van der Waals surface area contributed by atoms with E-state index in [1.807, 2.05) is 30.3 Å². The van der Waals surface area contributed by atoms with Crippen molar-refractivity contribution < 1.29 is 16.8 Å². The first-order valence-electron chi connectivity index (χ1n) is 11.5. The number of para-hydroxylation sites is 1. The van der Waals surface area contributed by atoms with Crippen LogP contribution >= 0.6 is 0 Å². The van der Waals surface area contributed by atoms with Crippen molar-refractivity contribution in [1.82, 2.24) is 4.90 Å². The van der Waals surface area contributed by atoms with Crippen LogP contribution in [0.1, 0.15) is 44.6 Å². The normalized spacial score (nSPS) is 20.9. The number of benzene rings is 2. The van der Waals surface area contributed by atoms with Crippen LogP contribution < -0.4 is 4.90 Å². The SMILES string of the molecule is [2H]C([2H])([2H])C([2H])([2H])C(=O)N(c1ccccc1)C1CCN(CC(O)c2ccccc2)CC1. The van der Waals surface area contributed by atoms with Crippen LogP contribution in [0.3, 0.4) is 0 Å². The third-order valence-electron chi connectivity index (χ3n) is 4.90. The number of carbonyl (C=O) groups excluding carboxylic acids is 1. The molecule has 1 amide bonds. The Morgan fingerprint density at radius 1 is 1.19 bits per heavy atom. The smallest absolute Gasteiger partial charge is 0.226 e. The third kappa shape index (κ3) is 4.51. The van der Waals surface area contributed by atoms with E-state index in [9.17, 15) is 9.90 Å². The minimum Gasteiger partial charge on any atom is -0.387 e. The first-order chi connectivity index (χ1) is 14.6. The molecule has 3 rings (SSSR count). The van der Waals surface area contributed by atoms with Crippen LogP contribution in [-0.4, -0.2) is 41.6 Å². The highest BCUT2D eigenvalue weighted by atomic mass is 16.3. The molecular weight excluding hydrogens is 324 g/mol. The van der Waals surface area contributed by atoms with Gasteiger partial charge < -0.3 is 14.9 Å². The van der Waals surface area contributed by atoms with Gasteiger partial charge in [0.2, 0.25) is 5.91 Å². The minimum absolute atomic E-state index is 0.322. The van der Waals surface area contributed by atoms with Gasteiger partial charge in [-0.3, -0.25) is 4.79 Å². The van der Waals surface area contributed by atoms with Gasteiger partial charge in [0.05, 0.1) is 6.10 Å². The van der Waals surface area contributed by atoms with Gasteiger partial charge in [0.25, 0.3) is 0 Å². The van der Waals surface area contributed by atoms with Gasteiger partial charge in [-0.15, -0.1) is 0 Å². The van der Waals surface area contributed by atoms with Gasteiger partial charge in [-0.25, -0.2) is 0 Å². The summed E-state index contributed by atoms with van der Waals surface area (Å²) in [6.07, 6.45) is -2.49. The first-order valence-corrected chi connectivity index (χ1v) is 8.95. The van der Waals surface area contributed by atoms with Crippen LogP contribution in [0.5, 0.6) is 0 Å². The van der Waals surface area contributed by atoms with Crippen molar-refractivity contribution in [3.05, 3.63) is 66.2 Å². The van der Waals surface area contributed by atoms with E-state index >= 15 is 0 Å². The molecule has 0 aliphatic carbocycles. The lowest BCUT2D eigenvalue weighted by Crippen LogP contribution is -2.48. The van der Waals surface area contributed by atoms with Crippen molar-refractivity contribution in [3.63, 3.8) is 0 Å². The number of piperidine rings is 1. The Kier molecular flexibility index (Phi) is 4.51. The fraction of sp³-hybridized carbons (Fsp3) is 0.409. The van der Waals surface area contributed by atoms with Crippen LogP contribution in [0.25, 0.3) is 0 Å². The quantitative estimate of drug-likeness (QED) is 0.859. The highest BCUT2D eigenvalue weighted by Crippen LogP contribution is 2.25. The number of amides is 1.